The molecule has 2 unspecified atom stereocenters. The van der Waals surface area contributed by atoms with E-state index in [9.17, 15) is 4.79 Å². The molecule has 17 heavy (non-hydrogen) atoms. The molecule has 2 rings (SSSR count). The Labute approximate surface area is 101 Å². The Morgan fingerprint density at radius 3 is 2.94 bits per heavy atom. The molecule has 0 fully saturated rings. The first-order chi connectivity index (χ1) is 8.29. The van der Waals surface area contributed by atoms with Crippen molar-refractivity contribution in [1.29, 1.82) is 0 Å². The lowest BCUT2D eigenvalue weighted by molar-refractivity contribution is 0.0578. The van der Waals surface area contributed by atoms with Gasteiger partial charge in [0.2, 0.25) is 0 Å². The Bertz CT molecular complexity index is 392. The summed E-state index contributed by atoms with van der Waals surface area (Å²) < 4.78 is 10.9. The summed E-state index contributed by atoms with van der Waals surface area (Å²) in [5, 5.41) is 0. The molecule has 0 radical (unpaired) electrons. The second kappa shape index (κ2) is 5.82. The Balaban J connectivity index is 1.75. The SMILES string of the molecule is CC1CC=CCC1COCc1ccc(C=O)o1. The fourth-order valence-corrected chi connectivity index (χ4v) is 2.09. The maximum Gasteiger partial charge on any atom is 0.185 e. The highest BCUT2D eigenvalue weighted by Gasteiger charge is 2.18. The summed E-state index contributed by atoms with van der Waals surface area (Å²) in [5.41, 5.74) is 0. The van der Waals surface area contributed by atoms with Gasteiger partial charge in [-0.15, -0.1) is 0 Å². The maximum atomic E-state index is 10.4. The van der Waals surface area contributed by atoms with Crippen molar-refractivity contribution in [3.05, 3.63) is 35.8 Å². The molecule has 92 valence electrons. The molecule has 0 saturated carbocycles. The smallest absolute Gasteiger partial charge is 0.185 e. The van der Waals surface area contributed by atoms with E-state index in [-0.39, 0.29) is 0 Å². The van der Waals surface area contributed by atoms with Crippen LogP contribution >= 0.6 is 0 Å². The van der Waals surface area contributed by atoms with Gasteiger partial charge in [0.05, 0.1) is 6.61 Å². The summed E-state index contributed by atoms with van der Waals surface area (Å²) in [6, 6.07) is 3.45. The van der Waals surface area contributed by atoms with Gasteiger partial charge >= 0.3 is 0 Å². The van der Waals surface area contributed by atoms with E-state index in [0.717, 1.165) is 19.4 Å². The minimum atomic E-state index is 0.359. The van der Waals surface area contributed by atoms with Crippen LogP contribution in [0.4, 0.5) is 0 Å². The molecule has 1 aromatic rings. The summed E-state index contributed by atoms with van der Waals surface area (Å²) in [6.07, 6.45) is 7.41. The molecule has 1 aromatic heterocycles. The number of hydrogen-bond donors (Lipinski definition) is 0. The van der Waals surface area contributed by atoms with Crippen LogP contribution in [-0.2, 0) is 11.3 Å². The Morgan fingerprint density at radius 2 is 2.24 bits per heavy atom. The minimum Gasteiger partial charge on any atom is -0.456 e. The molecule has 1 aliphatic rings. The number of ether oxygens (including phenoxy) is 1. The number of carbonyl (C=O) groups excluding carboxylic acids is 1. The molecule has 1 aliphatic carbocycles. The van der Waals surface area contributed by atoms with Crippen molar-refractivity contribution in [3.8, 4) is 0 Å². The van der Waals surface area contributed by atoms with Gasteiger partial charge in [-0.25, -0.2) is 0 Å². The van der Waals surface area contributed by atoms with Gasteiger partial charge in [-0.05, 0) is 36.8 Å². The van der Waals surface area contributed by atoms with E-state index in [1.54, 1.807) is 12.1 Å². The summed E-state index contributed by atoms with van der Waals surface area (Å²) in [4.78, 5) is 10.4. The first kappa shape index (κ1) is 12.1. The average Bonchev–Trinajstić information content (AvgIpc) is 2.80. The highest BCUT2D eigenvalue weighted by molar-refractivity contribution is 5.70. The third-order valence-corrected chi connectivity index (χ3v) is 3.29. The molecule has 0 aliphatic heterocycles. The lowest BCUT2D eigenvalue weighted by Crippen LogP contribution is -2.19. The molecule has 3 heteroatoms. The van der Waals surface area contributed by atoms with E-state index in [1.807, 2.05) is 0 Å². The van der Waals surface area contributed by atoms with Crippen molar-refractivity contribution in [3.63, 3.8) is 0 Å². The van der Waals surface area contributed by atoms with Crippen LogP contribution < -0.4 is 0 Å². The zero-order valence-corrected chi connectivity index (χ0v) is 10.1. The molecule has 0 aromatic carbocycles. The molecule has 1 heterocycles. The zero-order chi connectivity index (χ0) is 12.1. The largest absolute Gasteiger partial charge is 0.456 e. The van der Waals surface area contributed by atoms with Crippen molar-refractivity contribution >= 4 is 6.29 Å². The number of furan rings is 1. The van der Waals surface area contributed by atoms with Crippen LogP contribution in [0.2, 0.25) is 0 Å². The third-order valence-electron chi connectivity index (χ3n) is 3.29. The number of allylic oxidation sites excluding steroid dienone is 2. The van der Waals surface area contributed by atoms with Gasteiger partial charge in [0.1, 0.15) is 12.4 Å². The molecule has 0 saturated heterocycles. The van der Waals surface area contributed by atoms with Crippen molar-refractivity contribution in [2.75, 3.05) is 6.61 Å². The predicted octanol–water partition coefficient (Wildman–Crippen LogP) is 3.21. The first-order valence-corrected chi connectivity index (χ1v) is 6.06. The average molecular weight is 234 g/mol. The van der Waals surface area contributed by atoms with Crippen molar-refractivity contribution in [2.45, 2.75) is 26.4 Å². The highest BCUT2D eigenvalue weighted by atomic mass is 16.5. The van der Waals surface area contributed by atoms with Crippen LogP contribution in [0, 0.1) is 11.8 Å². The Kier molecular flexibility index (Phi) is 4.15. The van der Waals surface area contributed by atoms with E-state index in [0.29, 0.717) is 36.2 Å². The van der Waals surface area contributed by atoms with Gasteiger partial charge in [0.25, 0.3) is 0 Å². The fourth-order valence-electron chi connectivity index (χ4n) is 2.09. The normalized spacial score (nSPS) is 23.8. The molecule has 3 nitrogen and oxygen atoms in total. The summed E-state index contributed by atoms with van der Waals surface area (Å²) in [5.74, 6) is 2.35. The molecule has 0 spiro atoms. The van der Waals surface area contributed by atoms with Gasteiger partial charge in [-0.1, -0.05) is 19.1 Å². The van der Waals surface area contributed by atoms with Crippen LogP contribution in [0.3, 0.4) is 0 Å². The topological polar surface area (TPSA) is 39.4 Å². The molecule has 0 amide bonds. The number of aldehydes is 1. The van der Waals surface area contributed by atoms with Gasteiger partial charge in [0, 0.05) is 0 Å². The van der Waals surface area contributed by atoms with Crippen LogP contribution in [0.25, 0.3) is 0 Å². The zero-order valence-electron chi connectivity index (χ0n) is 10.1. The van der Waals surface area contributed by atoms with Crippen LogP contribution in [-0.4, -0.2) is 12.9 Å². The van der Waals surface area contributed by atoms with Gasteiger partial charge in [-0.2, -0.15) is 0 Å². The monoisotopic (exact) mass is 234 g/mol. The number of rotatable bonds is 5. The molecular weight excluding hydrogens is 216 g/mol. The van der Waals surface area contributed by atoms with E-state index in [1.165, 1.54) is 0 Å². The van der Waals surface area contributed by atoms with Gasteiger partial charge < -0.3 is 9.15 Å². The lowest BCUT2D eigenvalue weighted by Gasteiger charge is -2.24. The summed E-state index contributed by atoms with van der Waals surface area (Å²) >= 11 is 0. The van der Waals surface area contributed by atoms with Gasteiger partial charge in [-0.3, -0.25) is 4.79 Å². The second-order valence-corrected chi connectivity index (χ2v) is 4.62. The number of carbonyl (C=O) groups is 1. The van der Waals surface area contributed by atoms with Crippen LogP contribution in [0.1, 0.15) is 36.1 Å². The Morgan fingerprint density at radius 1 is 1.41 bits per heavy atom. The first-order valence-electron chi connectivity index (χ1n) is 6.06. The summed E-state index contributed by atoms with van der Waals surface area (Å²) in [7, 11) is 0. The van der Waals surface area contributed by atoms with Crippen molar-refractivity contribution in [1.82, 2.24) is 0 Å². The van der Waals surface area contributed by atoms with E-state index in [2.05, 4.69) is 19.1 Å². The molecule has 2 atom stereocenters. The second-order valence-electron chi connectivity index (χ2n) is 4.62. The molecule has 0 N–H and O–H groups in total. The predicted molar refractivity (Wildman–Crippen MR) is 64.8 cm³/mol. The quantitative estimate of drug-likeness (QED) is 0.580. The number of hydrogen-bond acceptors (Lipinski definition) is 3. The van der Waals surface area contributed by atoms with Crippen LogP contribution in [0.5, 0.6) is 0 Å². The Hall–Kier alpha value is -1.35. The molecular formula is C14H18O3. The fraction of sp³-hybridized carbons (Fsp3) is 0.500. The summed E-state index contributed by atoms with van der Waals surface area (Å²) in [6.45, 7) is 3.46. The van der Waals surface area contributed by atoms with E-state index >= 15 is 0 Å². The van der Waals surface area contributed by atoms with Crippen LogP contribution in [0.15, 0.2) is 28.7 Å². The van der Waals surface area contributed by atoms with Crippen molar-refractivity contribution < 1.29 is 13.9 Å². The van der Waals surface area contributed by atoms with E-state index < -0.39 is 0 Å². The lowest BCUT2D eigenvalue weighted by atomic mass is 9.85. The molecule has 0 bridgehead atoms. The van der Waals surface area contributed by atoms with Crippen molar-refractivity contribution in [2.24, 2.45) is 11.8 Å². The standard InChI is InChI=1S/C14H18O3/c1-11-4-2-3-5-12(11)9-16-10-14-7-6-13(8-15)17-14/h2-3,6-8,11-12H,4-5,9-10H2,1H3. The highest BCUT2D eigenvalue weighted by Crippen LogP contribution is 2.25. The minimum absolute atomic E-state index is 0.359. The van der Waals surface area contributed by atoms with E-state index in [4.69, 9.17) is 9.15 Å². The maximum absolute atomic E-state index is 10.4. The third kappa shape index (κ3) is 3.30. The van der Waals surface area contributed by atoms with Gasteiger partial charge in [0.15, 0.2) is 12.0 Å².